The van der Waals surface area contributed by atoms with Crippen LogP contribution in [0.15, 0.2) is 18.2 Å². The van der Waals surface area contributed by atoms with Crippen LogP contribution in [0.4, 0.5) is 0 Å². The van der Waals surface area contributed by atoms with Crippen LogP contribution in [-0.4, -0.2) is 5.78 Å². The number of ketones is 1. The van der Waals surface area contributed by atoms with E-state index in [9.17, 15) is 4.79 Å². The molecule has 1 rings (SSSR count). The van der Waals surface area contributed by atoms with Crippen molar-refractivity contribution in [1.82, 2.24) is 0 Å². The quantitative estimate of drug-likeness (QED) is 0.764. The number of aryl methyl sites for hydroxylation is 1. The highest BCUT2D eigenvalue weighted by molar-refractivity contribution is 9.09. The average molecular weight is 276 g/mol. The molecule has 0 aromatic heterocycles. The largest absolute Gasteiger partial charge is 0.298 e. The molecule has 76 valence electrons. The molecule has 1 atom stereocenters. The fourth-order valence-corrected chi connectivity index (χ4v) is 1.79. The van der Waals surface area contributed by atoms with Gasteiger partial charge in [-0.15, -0.1) is 0 Å². The molecule has 0 amide bonds. The first-order chi connectivity index (χ1) is 6.54. The van der Waals surface area contributed by atoms with Crippen LogP contribution in [0, 0.1) is 0 Å². The second-order valence-corrected chi connectivity index (χ2v) is 4.57. The van der Waals surface area contributed by atoms with Gasteiger partial charge in [0.25, 0.3) is 0 Å². The molecule has 1 aromatic rings. The molecule has 0 saturated heterocycles. The van der Waals surface area contributed by atoms with Gasteiger partial charge in [0, 0.05) is 5.02 Å². The summed E-state index contributed by atoms with van der Waals surface area (Å²) in [7, 11) is 0. The number of benzene rings is 1. The Morgan fingerprint density at radius 3 is 2.64 bits per heavy atom. The SMILES string of the molecule is CCc1cc(Cl)cc(C(Br)C(C)=O)c1. The number of rotatable bonds is 3. The number of alkyl halides is 1. The highest BCUT2D eigenvalue weighted by Crippen LogP contribution is 2.27. The Labute approximate surface area is 97.6 Å². The Balaban J connectivity index is 3.08. The molecule has 0 aliphatic rings. The second-order valence-electron chi connectivity index (χ2n) is 3.22. The van der Waals surface area contributed by atoms with Crippen molar-refractivity contribution in [2.24, 2.45) is 0 Å². The molecule has 0 aliphatic heterocycles. The van der Waals surface area contributed by atoms with E-state index >= 15 is 0 Å². The van der Waals surface area contributed by atoms with Gasteiger partial charge in [0.2, 0.25) is 0 Å². The summed E-state index contributed by atoms with van der Waals surface area (Å²) in [5.41, 5.74) is 2.08. The van der Waals surface area contributed by atoms with Crippen LogP contribution in [0.3, 0.4) is 0 Å². The van der Waals surface area contributed by atoms with E-state index < -0.39 is 0 Å². The maximum atomic E-state index is 11.2. The molecule has 1 nitrogen and oxygen atoms in total. The van der Waals surface area contributed by atoms with Crippen molar-refractivity contribution in [1.29, 1.82) is 0 Å². The van der Waals surface area contributed by atoms with Crippen LogP contribution in [0.25, 0.3) is 0 Å². The van der Waals surface area contributed by atoms with Crippen molar-refractivity contribution < 1.29 is 4.79 Å². The van der Waals surface area contributed by atoms with Gasteiger partial charge in [-0.25, -0.2) is 0 Å². The maximum absolute atomic E-state index is 11.2. The number of carbonyl (C=O) groups excluding carboxylic acids is 1. The minimum Gasteiger partial charge on any atom is -0.298 e. The summed E-state index contributed by atoms with van der Waals surface area (Å²) in [6.45, 7) is 3.62. The Morgan fingerprint density at radius 2 is 2.14 bits per heavy atom. The molecule has 0 radical (unpaired) electrons. The van der Waals surface area contributed by atoms with E-state index in [1.165, 1.54) is 0 Å². The third-order valence-corrected chi connectivity index (χ3v) is 3.43. The van der Waals surface area contributed by atoms with Gasteiger partial charge in [0.1, 0.15) is 5.78 Å². The van der Waals surface area contributed by atoms with E-state index in [0.29, 0.717) is 5.02 Å². The Kier molecular flexibility index (Phi) is 4.14. The van der Waals surface area contributed by atoms with E-state index in [0.717, 1.165) is 17.5 Å². The van der Waals surface area contributed by atoms with E-state index in [4.69, 9.17) is 11.6 Å². The molecule has 0 bridgehead atoms. The summed E-state index contributed by atoms with van der Waals surface area (Å²) in [4.78, 5) is 10.9. The predicted octanol–water partition coefficient (Wildman–Crippen LogP) is 3.93. The minimum atomic E-state index is -0.244. The molecule has 1 aromatic carbocycles. The molecule has 0 heterocycles. The highest BCUT2D eigenvalue weighted by atomic mass is 79.9. The van der Waals surface area contributed by atoms with Gasteiger partial charge in [-0.05, 0) is 36.6 Å². The smallest absolute Gasteiger partial charge is 0.147 e. The third kappa shape index (κ3) is 2.82. The highest BCUT2D eigenvalue weighted by Gasteiger charge is 2.13. The molecule has 1 unspecified atom stereocenters. The molecule has 3 heteroatoms. The lowest BCUT2D eigenvalue weighted by molar-refractivity contribution is -0.116. The fraction of sp³-hybridized carbons (Fsp3) is 0.364. The van der Waals surface area contributed by atoms with E-state index in [1.807, 2.05) is 18.2 Å². The lowest BCUT2D eigenvalue weighted by atomic mass is 10.0. The van der Waals surface area contributed by atoms with Crippen molar-refractivity contribution in [3.63, 3.8) is 0 Å². The van der Waals surface area contributed by atoms with Gasteiger partial charge in [-0.1, -0.05) is 40.5 Å². The zero-order valence-electron chi connectivity index (χ0n) is 8.18. The van der Waals surface area contributed by atoms with Crippen LogP contribution in [0.5, 0.6) is 0 Å². The summed E-state index contributed by atoms with van der Waals surface area (Å²) in [6.07, 6.45) is 0.922. The summed E-state index contributed by atoms with van der Waals surface area (Å²) in [5, 5.41) is 0.685. The van der Waals surface area contributed by atoms with Crippen molar-refractivity contribution in [3.8, 4) is 0 Å². The Hall–Kier alpha value is -0.340. The fourth-order valence-electron chi connectivity index (χ4n) is 1.26. The molecule has 0 fully saturated rings. The summed E-state index contributed by atoms with van der Waals surface area (Å²) < 4.78 is 0. The predicted molar refractivity (Wildman–Crippen MR) is 63.2 cm³/mol. The number of carbonyl (C=O) groups is 1. The lowest BCUT2D eigenvalue weighted by Gasteiger charge is -2.08. The number of halogens is 2. The second kappa shape index (κ2) is 4.94. The van der Waals surface area contributed by atoms with Gasteiger partial charge in [-0.2, -0.15) is 0 Å². The van der Waals surface area contributed by atoms with E-state index in [1.54, 1.807) is 6.92 Å². The van der Waals surface area contributed by atoms with Crippen molar-refractivity contribution >= 4 is 33.3 Å². The van der Waals surface area contributed by atoms with Gasteiger partial charge in [0.05, 0.1) is 4.83 Å². The lowest BCUT2D eigenvalue weighted by Crippen LogP contribution is -2.01. The maximum Gasteiger partial charge on any atom is 0.147 e. The zero-order chi connectivity index (χ0) is 10.7. The van der Waals surface area contributed by atoms with Gasteiger partial charge in [0.15, 0.2) is 0 Å². The topological polar surface area (TPSA) is 17.1 Å². The minimum absolute atomic E-state index is 0.0920. The Morgan fingerprint density at radius 1 is 1.50 bits per heavy atom. The number of hydrogen-bond donors (Lipinski definition) is 0. The Bertz CT molecular complexity index is 349. The summed E-state index contributed by atoms with van der Waals surface area (Å²) >= 11 is 9.29. The third-order valence-electron chi connectivity index (χ3n) is 2.04. The number of hydrogen-bond acceptors (Lipinski definition) is 1. The molecule has 14 heavy (non-hydrogen) atoms. The van der Waals surface area contributed by atoms with Crippen LogP contribution in [0.2, 0.25) is 5.02 Å². The van der Waals surface area contributed by atoms with Crippen molar-refractivity contribution in [3.05, 3.63) is 34.3 Å². The molecular formula is C11H12BrClO. The standard InChI is InChI=1S/C11H12BrClO/c1-3-8-4-9(6-10(13)5-8)11(12)7(2)14/h4-6,11H,3H2,1-2H3. The van der Waals surface area contributed by atoms with Gasteiger partial charge in [-0.3, -0.25) is 4.79 Å². The normalized spacial score (nSPS) is 12.6. The first-order valence-corrected chi connectivity index (χ1v) is 5.78. The molecule has 0 aliphatic carbocycles. The monoisotopic (exact) mass is 274 g/mol. The molecule has 0 spiro atoms. The van der Waals surface area contributed by atoms with E-state index in [2.05, 4.69) is 22.9 Å². The zero-order valence-corrected chi connectivity index (χ0v) is 10.5. The van der Waals surface area contributed by atoms with Crippen LogP contribution < -0.4 is 0 Å². The average Bonchev–Trinajstić information content (AvgIpc) is 2.15. The van der Waals surface area contributed by atoms with E-state index in [-0.39, 0.29) is 10.6 Å². The van der Waals surface area contributed by atoms with Crippen molar-refractivity contribution in [2.75, 3.05) is 0 Å². The first-order valence-electron chi connectivity index (χ1n) is 4.48. The van der Waals surface area contributed by atoms with Crippen LogP contribution in [-0.2, 0) is 11.2 Å². The first kappa shape index (κ1) is 11.7. The van der Waals surface area contributed by atoms with Gasteiger partial charge < -0.3 is 0 Å². The molecule has 0 N–H and O–H groups in total. The van der Waals surface area contributed by atoms with Crippen LogP contribution in [0.1, 0.15) is 29.8 Å². The summed E-state index contributed by atoms with van der Waals surface area (Å²) in [6, 6.07) is 5.75. The number of Topliss-reactive ketones (excluding diaryl/α,β-unsaturated/α-hetero) is 1. The molecular weight excluding hydrogens is 263 g/mol. The summed E-state index contributed by atoms with van der Waals surface area (Å²) in [5.74, 6) is 0.0920. The van der Waals surface area contributed by atoms with Crippen LogP contribution >= 0.6 is 27.5 Å². The molecule has 0 saturated carbocycles. The van der Waals surface area contributed by atoms with Gasteiger partial charge >= 0.3 is 0 Å². The van der Waals surface area contributed by atoms with Crippen molar-refractivity contribution in [2.45, 2.75) is 25.1 Å².